The smallest absolute Gasteiger partial charge is 0.336 e. The molecular weight excluding hydrogens is 270 g/mol. The number of carbonyl (C=O) groups is 2. The third kappa shape index (κ3) is 3.61. The van der Waals surface area contributed by atoms with E-state index in [1.165, 1.54) is 12.5 Å². The summed E-state index contributed by atoms with van der Waals surface area (Å²) < 4.78 is 0. The Morgan fingerprint density at radius 2 is 1.71 bits per heavy atom. The number of carbonyl (C=O) groups excluding carboxylic acids is 1. The first-order valence-corrected chi connectivity index (χ1v) is 7.39. The van der Waals surface area contributed by atoms with Crippen molar-refractivity contribution in [3.05, 3.63) is 35.4 Å². The number of amides is 1. The first-order chi connectivity index (χ1) is 10.1. The van der Waals surface area contributed by atoms with Crippen molar-refractivity contribution in [1.29, 1.82) is 0 Å². The Labute approximate surface area is 124 Å². The van der Waals surface area contributed by atoms with Crippen LogP contribution < -0.4 is 0 Å². The number of aliphatic hydroxyl groups excluding tert-OH is 1. The third-order valence-corrected chi connectivity index (χ3v) is 4.01. The third-order valence-electron chi connectivity index (χ3n) is 4.01. The van der Waals surface area contributed by atoms with Crippen LogP contribution in [0.1, 0.15) is 52.8 Å². The molecule has 0 unspecified atom stereocenters. The molecule has 21 heavy (non-hydrogen) atoms. The summed E-state index contributed by atoms with van der Waals surface area (Å²) in [5, 5.41) is 18.4. The molecule has 5 nitrogen and oxygen atoms in total. The zero-order valence-electron chi connectivity index (χ0n) is 12.0. The number of carboxylic acids is 1. The van der Waals surface area contributed by atoms with Gasteiger partial charge in [0, 0.05) is 12.6 Å². The molecule has 1 aliphatic rings. The van der Waals surface area contributed by atoms with Crippen LogP contribution in [0.25, 0.3) is 0 Å². The van der Waals surface area contributed by atoms with E-state index in [1.807, 2.05) is 0 Å². The highest BCUT2D eigenvalue weighted by Gasteiger charge is 2.28. The predicted octanol–water partition coefficient (Wildman–Crippen LogP) is 2.15. The summed E-state index contributed by atoms with van der Waals surface area (Å²) in [7, 11) is 0. The molecule has 5 heteroatoms. The molecule has 1 aromatic carbocycles. The number of carboxylic acid groups (broad SMARTS) is 1. The molecular formula is C16H21NO4. The molecule has 2 N–H and O–H groups in total. The van der Waals surface area contributed by atoms with E-state index in [0.717, 1.165) is 25.7 Å². The van der Waals surface area contributed by atoms with E-state index in [-0.39, 0.29) is 36.2 Å². The average molecular weight is 291 g/mol. The molecule has 1 aromatic rings. The van der Waals surface area contributed by atoms with E-state index in [9.17, 15) is 19.8 Å². The molecule has 1 aliphatic carbocycles. The van der Waals surface area contributed by atoms with Gasteiger partial charge in [0.2, 0.25) is 0 Å². The van der Waals surface area contributed by atoms with Gasteiger partial charge in [-0.25, -0.2) is 4.79 Å². The summed E-state index contributed by atoms with van der Waals surface area (Å²) in [5.41, 5.74) is 0.213. The molecule has 0 spiro atoms. The summed E-state index contributed by atoms with van der Waals surface area (Å²) in [6.45, 7) is 0.134. The van der Waals surface area contributed by atoms with Crippen molar-refractivity contribution in [1.82, 2.24) is 4.90 Å². The average Bonchev–Trinajstić information content (AvgIpc) is 2.52. The van der Waals surface area contributed by atoms with Crippen LogP contribution in [0.15, 0.2) is 24.3 Å². The minimum atomic E-state index is -1.11. The fourth-order valence-electron chi connectivity index (χ4n) is 2.96. The fraction of sp³-hybridized carbons (Fsp3) is 0.500. The molecule has 1 fully saturated rings. The normalized spacial score (nSPS) is 15.7. The van der Waals surface area contributed by atoms with Gasteiger partial charge in [-0.05, 0) is 25.0 Å². The lowest BCUT2D eigenvalue weighted by molar-refractivity contribution is 0.0571. The van der Waals surface area contributed by atoms with E-state index in [4.69, 9.17) is 0 Å². The number of aromatic carboxylic acids is 1. The van der Waals surface area contributed by atoms with Crippen molar-refractivity contribution in [3.8, 4) is 0 Å². The van der Waals surface area contributed by atoms with Gasteiger partial charge in [-0.15, -0.1) is 0 Å². The minimum absolute atomic E-state index is 0.0150. The van der Waals surface area contributed by atoms with E-state index < -0.39 is 5.97 Å². The minimum Gasteiger partial charge on any atom is -0.478 e. The van der Waals surface area contributed by atoms with Gasteiger partial charge in [0.15, 0.2) is 0 Å². The van der Waals surface area contributed by atoms with Crippen LogP contribution in [0.4, 0.5) is 0 Å². The quantitative estimate of drug-likeness (QED) is 0.871. The van der Waals surface area contributed by atoms with Gasteiger partial charge in [0.05, 0.1) is 17.7 Å². The maximum Gasteiger partial charge on any atom is 0.336 e. The molecule has 0 aliphatic heterocycles. The number of aliphatic hydroxyl groups is 1. The molecule has 1 amide bonds. The molecule has 0 bridgehead atoms. The van der Waals surface area contributed by atoms with Gasteiger partial charge in [-0.2, -0.15) is 0 Å². The second-order valence-corrected chi connectivity index (χ2v) is 5.36. The summed E-state index contributed by atoms with van der Waals surface area (Å²) in [6, 6.07) is 6.35. The van der Waals surface area contributed by atoms with Crippen LogP contribution in [0.5, 0.6) is 0 Å². The molecule has 0 heterocycles. The maximum absolute atomic E-state index is 12.7. The van der Waals surface area contributed by atoms with Gasteiger partial charge in [0.25, 0.3) is 5.91 Å². The second kappa shape index (κ2) is 7.22. The fourth-order valence-corrected chi connectivity index (χ4v) is 2.96. The number of nitrogens with zero attached hydrogens (tertiary/aromatic N) is 1. The Morgan fingerprint density at radius 1 is 1.10 bits per heavy atom. The van der Waals surface area contributed by atoms with Crippen molar-refractivity contribution in [2.24, 2.45) is 0 Å². The summed E-state index contributed by atoms with van der Waals surface area (Å²) >= 11 is 0. The molecule has 0 atom stereocenters. The Kier molecular flexibility index (Phi) is 5.33. The van der Waals surface area contributed by atoms with Crippen molar-refractivity contribution in [2.45, 2.75) is 38.1 Å². The zero-order valence-corrected chi connectivity index (χ0v) is 12.0. The van der Waals surface area contributed by atoms with E-state index in [0.29, 0.717) is 0 Å². The van der Waals surface area contributed by atoms with E-state index in [1.54, 1.807) is 23.1 Å². The Balaban J connectivity index is 2.27. The van der Waals surface area contributed by atoms with Gasteiger partial charge in [0.1, 0.15) is 0 Å². The van der Waals surface area contributed by atoms with Gasteiger partial charge < -0.3 is 15.1 Å². The number of hydrogen-bond donors (Lipinski definition) is 2. The molecule has 0 radical (unpaired) electrons. The van der Waals surface area contributed by atoms with Crippen LogP contribution in [0.2, 0.25) is 0 Å². The van der Waals surface area contributed by atoms with Crippen LogP contribution in [-0.2, 0) is 0 Å². The van der Waals surface area contributed by atoms with E-state index >= 15 is 0 Å². The molecule has 2 rings (SSSR count). The maximum atomic E-state index is 12.7. The monoisotopic (exact) mass is 291 g/mol. The Bertz CT molecular complexity index is 509. The lowest BCUT2D eigenvalue weighted by Gasteiger charge is -2.34. The predicted molar refractivity (Wildman–Crippen MR) is 78.4 cm³/mol. The van der Waals surface area contributed by atoms with Crippen molar-refractivity contribution < 1.29 is 19.8 Å². The molecule has 114 valence electrons. The zero-order chi connectivity index (χ0) is 15.2. The first kappa shape index (κ1) is 15.5. The van der Waals surface area contributed by atoms with Crippen molar-refractivity contribution >= 4 is 11.9 Å². The molecule has 0 aromatic heterocycles. The lowest BCUT2D eigenvalue weighted by atomic mass is 9.93. The number of benzene rings is 1. The van der Waals surface area contributed by atoms with Gasteiger partial charge in [-0.1, -0.05) is 31.4 Å². The standard InChI is InChI=1S/C16H21NO4/c18-11-10-17(12-6-2-1-3-7-12)15(19)13-8-4-5-9-14(13)16(20)21/h4-5,8-9,12,18H,1-3,6-7,10-11H2,(H,20,21). The van der Waals surface area contributed by atoms with Crippen LogP contribution >= 0.6 is 0 Å². The van der Waals surface area contributed by atoms with Gasteiger partial charge >= 0.3 is 5.97 Å². The van der Waals surface area contributed by atoms with Gasteiger partial charge in [-0.3, -0.25) is 4.79 Å². The highest BCUT2D eigenvalue weighted by molar-refractivity contribution is 6.04. The van der Waals surface area contributed by atoms with Crippen LogP contribution in [0, 0.1) is 0 Å². The summed E-state index contributed by atoms with van der Waals surface area (Å²) in [4.78, 5) is 25.6. The second-order valence-electron chi connectivity index (χ2n) is 5.36. The Hall–Kier alpha value is -1.88. The first-order valence-electron chi connectivity index (χ1n) is 7.39. The lowest BCUT2D eigenvalue weighted by Crippen LogP contribution is -2.43. The summed E-state index contributed by atoms with van der Waals surface area (Å²) in [5.74, 6) is -1.40. The summed E-state index contributed by atoms with van der Waals surface area (Å²) in [6.07, 6.45) is 5.15. The largest absolute Gasteiger partial charge is 0.478 e. The van der Waals surface area contributed by atoms with Crippen molar-refractivity contribution in [3.63, 3.8) is 0 Å². The highest BCUT2D eigenvalue weighted by Crippen LogP contribution is 2.24. The van der Waals surface area contributed by atoms with E-state index in [2.05, 4.69) is 0 Å². The highest BCUT2D eigenvalue weighted by atomic mass is 16.4. The molecule has 1 saturated carbocycles. The van der Waals surface area contributed by atoms with Crippen molar-refractivity contribution in [2.75, 3.05) is 13.2 Å². The molecule has 0 saturated heterocycles. The van der Waals surface area contributed by atoms with Crippen LogP contribution in [-0.4, -0.2) is 46.2 Å². The SMILES string of the molecule is O=C(O)c1ccccc1C(=O)N(CCO)C1CCCCC1. The Morgan fingerprint density at radius 3 is 2.29 bits per heavy atom. The van der Waals surface area contributed by atoms with Crippen LogP contribution in [0.3, 0.4) is 0 Å². The number of hydrogen-bond acceptors (Lipinski definition) is 3. The number of rotatable bonds is 5. The topological polar surface area (TPSA) is 77.8 Å².